The van der Waals surface area contributed by atoms with E-state index < -0.39 is 12.1 Å². The number of H-pyrrole nitrogens is 1. The minimum Gasteiger partial charge on any atom is -0.401 e. The average molecular weight is 575 g/mol. The van der Waals surface area contributed by atoms with Crippen molar-refractivity contribution in [1.82, 2.24) is 25.6 Å². The number of nitrogens with zero attached hydrogens (tertiary/aromatic N) is 2. The molecule has 1 aliphatic heterocycles. The summed E-state index contributed by atoms with van der Waals surface area (Å²) < 4.78 is 0. The highest BCUT2D eigenvalue weighted by molar-refractivity contribution is 8.07. The van der Waals surface area contributed by atoms with Crippen LogP contribution in [-0.4, -0.2) is 79.0 Å². The van der Waals surface area contributed by atoms with Gasteiger partial charge >= 0.3 is 0 Å². The summed E-state index contributed by atoms with van der Waals surface area (Å²) in [4.78, 5) is 50.8. The number of hydroxylamine groups is 2. The third-order valence-corrected chi connectivity index (χ3v) is 8.58. The molecule has 1 aromatic carbocycles. The summed E-state index contributed by atoms with van der Waals surface area (Å²) >= 11 is 7.36. The number of thioether (sulfide) groups is 1. The lowest BCUT2D eigenvalue weighted by Crippen LogP contribution is -2.56. The van der Waals surface area contributed by atoms with Crippen molar-refractivity contribution in [2.45, 2.75) is 37.8 Å². The Morgan fingerprint density at radius 3 is 2.74 bits per heavy atom. The monoisotopic (exact) mass is 574 g/mol. The molecule has 39 heavy (non-hydrogen) atoms. The van der Waals surface area contributed by atoms with Crippen LogP contribution in [0.25, 0.3) is 10.9 Å². The Hall–Kier alpha value is -2.99. The second kappa shape index (κ2) is 12.5. The van der Waals surface area contributed by atoms with Crippen LogP contribution in [0.4, 0.5) is 0 Å². The molecule has 0 bridgehead atoms. The lowest BCUT2D eigenvalue weighted by Gasteiger charge is -2.37. The Bertz CT molecular complexity index is 1310. The first-order valence-electron chi connectivity index (χ1n) is 12.8. The number of carbonyl (C=O) groups excluding carboxylic acids is 3. The lowest BCUT2D eigenvalue weighted by atomic mass is 9.81. The number of amides is 3. The number of halogens is 1. The smallest absolute Gasteiger partial charge is 0.268 e. The van der Waals surface area contributed by atoms with E-state index in [1.807, 2.05) is 13.1 Å². The maximum absolute atomic E-state index is 13.2. The van der Waals surface area contributed by atoms with Crippen LogP contribution in [0.2, 0.25) is 5.02 Å². The van der Waals surface area contributed by atoms with Gasteiger partial charge in [0.05, 0.1) is 18.1 Å². The van der Waals surface area contributed by atoms with Crippen LogP contribution in [-0.2, 0) is 14.4 Å². The van der Waals surface area contributed by atoms with Gasteiger partial charge < -0.3 is 26.3 Å². The summed E-state index contributed by atoms with van der Waals surface area (Å²) in [6, 6.07) is 6.21. The first-order chi connectivity index (χ1) is 18.5. The van der Waals surface area contributed by atoms with Gasteiger partial charge in [0.25, 0.3) is 11.8 Å². The molecule has 0 saturated heterocycles. The predicted molar refractivity (Wildman–Crippen MR) is 154 cm³/mol. The highest BCUT2D eigenvalue weighted by atomic mass is 35.5. The predicted octanol–water partition coefficient (Wildman–Crippen LogP) is 2.98. The molecule has 3 atom stereocenters. The SMILES string of the molecule is C=C(SC1=C(N)CCN(C)C1)C(=O)N[C@@H]1C[C@@H](C(=O)N(C)OC)CC[C@@H]1NC(=O)c1cc2cc(Cl)ccc2[nH]1. The minimum absolute atomic E-state index is 0.176. The Kier molecular flexibility index (Phi) is 9.27. The highest BCUT2D eigenvalue weighted by Gasteiger charge is 2.37. The first kappa shape index (κ1) is 29.0. The Morgan fingerprint density at radius 2 is 2.00 bits per heavy atom. The van der Waals surface area contributed by atoms with Gasteiger partial charge in [0.2, 0.25) is 5.91 Å². The number of aromatic amines is 1. The number of carbonyl (C=O) groups is 3. The Morgan fingerprint density at radius 1 is 1.23 bits per heavy atom. The molecule has 5 N–H and O–H groups in total. The zero-order chi connectivity index (χ0) is 28.3. The molecule has 3 amide bonds. The Labute approximate surface area is 237 Å². The van der Waals surface area contributed by atoms with Crippen LogP contribution >= 0.6 is 23.4 Å². The summed E-state index contributed by atoms with van der Waals surface area (Å²) in [6.45, 7) is 5.50. The van der Waals surface area contributed by atoms with Crippen molar-refractivity contribution < 1.29 is 19.2 Å². The quantitative estimate of drug-likeness (QED) is 0.281. The fourth-order valence-corrected chi connectivity index (χ4v) is 6.11. The van der Waals surface area contributed by atoms with Crippen LogP contribution < -0.4 is 16.4 Å². The van der Waals surface area contributed by atoms with Crippen molar-refractivity contribution in [2.75, 3.05) is 34.3 Å². The average Bonchev–Trinajstić information content (AvgIpc) is 3.34. The molecule has 210 valence electrons. The van der Waals surface area contributed by atoms with Gasteiger partial charge in [0.15, 0.2) is 0 Å². The molecule has 1 fully saturated rings. The normalized spacial score (nSPS) is 22.0. The van der Waals surface area contributed by atoms with Gasteiger partial charge in [-0.2, -0.15) is 0 Å². The van der Waals surface area contributed by atoms with E-state index >= 15 is 0 Å². The summed E-state index contributed by atoms with van der Waals surface area (Å²) in [5, 5.41) is 8.68. The van der Waals surface area contributed by atoms with Crippen molar-refractivity contribution in [1.29, 1.82) is 0 Å². The molecule has 2 aliphatic rings. The molecule has 1 aliphatic carbocycles. The van der Waals surface area contributed by atoms with Gasteiger partial charge in [-0.15, -0.1) is 0 Å². The fourth-order valence-electron chi connectivity index (χ4n) is 4.96. The molecule has 2 aromatic rings. The van der Waals surface area contributed by atoms with Crippen molar-refractivity contribution in [3.63, 3.8) is 0 Å². The standard InChI is InChI=1S/C27H35ClN6O4S/c1-15(39-24-14-33(2)10-9-19(24)29)25(35)32-22-12-16(27(37)34(3)38-4)5-7-21(22)31-26(36)23-13-17-11-18(28)6-8-20(17)30-23/h6,8,11,13,16,21-22,30H,1,5,7,9-10,12,14,29H2,2-4H3,(H,31,36)(H,32,35)/t16-,21-,22+/m0/s1. The lowest BCUT2D eigenvalue weighted by molar-refractivity contribution is -0.174. The van der Waals surface area contributed by atoms with Crippen molar-refractivity contribution in [2.24, 2.45) is 11.7 Å². The number of nitrogens with two attached hydrogens (primary N) is 1. The number of aromatic nitrogens is 1. The van der Waals surface area contributed by atoms with Gasteiger partial charge in [0.1, 0.15) is 5.69 Å². The van der Waals surface area contributed by atoms with Crippen LogP contribution in [0.3, 0.4) is 0 Å². The topological polar surface area (TPSA) is 133 Å². The van der Waals surface area contributed by atoms with Crippen LogP contribution in [0.5, 0.6) is 0 Å². The van der Waals surface area contributed by atoms with Crippen LogP contribution in [0.1, 0.15) is 36.2 Å². The number of fused-ring (bicyclic) bond motifs is 1. The number of benzene rings is 1. The van der Waals surface area contributed by atoms with Gasteiger partial charge in [-0.1, -0.05) is 29.9 Å². The summed E-state index contributed by atoms with van der Waals surface area (Å²) in [5.41, 5.74) is 8.13. The van der Waals surface area contributed by atoms with E-state index in [2.05, 4.69) is 27.1 Å². The second-order valence-corrected chi connectivity index (χ2v) is 11.7. The molecule has 0 spiro atoms. The zero-order valence-electron chi connectivity index (χ0n) is 22.4. The second-order valence-electron chi connectivity index (χ2n) is 10.1. The number of likely N-dealkylation sites (N-methyl/N-ethyl adjacent to an activating group) is 1. The van der Waals surface area contributed by atoms with Crippen molar-refractivity contribution >= 4 is 52.0 Å². The minimum atomic E-state index is -0.495. The molecule has 2 heterocycles. The van der Waals surface area contributed by atoms with Crippen LogP contribution in [0.15, 0.2) is 46.4 Å². The van der Waals surface area contributed by atoms with E-state index in [4.69, 9.17) is 22.2 Å². The molecule has 1 saturated carbocycles. The number of nitrogens with one attached hydrogen (secondary N) is 3. The molecule has 10 nitrogen and oxygen atoms in total. The Balaban J connectivity index is 1.48. The first-order valence-corrected chi connectivity index (χ1v) is 14.0. The van der Waals surface area contributed by atoms with E-state index in [0.29, 0.717) is 41.4 Å². The van der Waals surface area contributed by atoms with Gasteiger partial charge in [-0.3, -0.25) is 19.2 Å². The van der Waals surface area contributed by atoms with E-state index in [9.17, 15) is 14.4 Å². The molecule has 0 radical (unpaired) electrons. The summed E-state index contributed by atoms with van der Waals surface area (Å²) in [5.74, 6) is -1.20. The third kappa shape index (κ3) is 6.96. The van der Waals surface area contributed by atoms with Crippen molar-refractivity contribution in [3.05, 3.63) is 57.1 Å². The maximum atomic E-state index is 13.2. The van der Waals surface area contributed by atoms with Gasteiger partial charge in [-0.25, -0.2) is 5.06 Å². The molecular formula is C27H35ClN6O4S. The third-order valence-electron chi connectivity index (χ3n) is 7.28. The summed E-state index contributed by atoms with van der Waals surface area (Å²) in [7, 11) is 4.99. The van der Waals surface area contributed by atoms with Crippen LogP contribution in [0, 0.1) is 5.92 Å². The fraction of sp³-hybridized carbons (Fsp3) is 0.444. The van der Waals surface area contributed by atoms with E-state index in [1.54, 1.807) is 25.2 Å². The van der Waals surface area contributed by atoms with E-state index in [0.717, 1.165) is 34.5 Å². The van der Waals surface area contributed by atoms with E-state index in [-0.39, 0.29) is 23.6 Å². The van der Waals surface area contributed by atoms with Crippen molar-refractivity contribution in [3.8, 4) is 0 Å². The largest absolute Gasteiger partial charge is 0.401 e. The number of hydrogen-bond acceptors (Lipinski definition) is 7. The maximum Gasteiger partial charge on any atom is 0.268 e. The molecular weight excluding hydrogens is 540 g/mol. The zero-order valence-corrected chi connectivity index (χ0v) is 24.0. The molecule has 0 unspecified atom stereocenters. The summed E-state index contributed by atoms with van der Waals surface area (Å²) in [6.07, 6.45) is 2.12. The molecule has 1 aromatic heterocycles. The van der Waals surface area contributed by atoms with Gasteiger partial charge in [-0.05, 0) is 50.6 Å². The van der Waals surface area contributed by atoms with E-state index in [1.165, 1.54) is 23.9 Å². The molecule has 12 heteroatoms. The molecule has 4 rings (SSSR count). The number of hydrogen-bond donors (Lipinski definition) is 4. The van der Waals surface area contributed by atoms with Gasteiger partial charge in [0, 0.05) is 65.0 Å². The number of rotatable bonds is 8. The highest BCUT2D eigenvalue weighted by Crippen LogP contribution is 2.31.